The Balaban J connectivity index is 1.72. The Morgan fingerprint density at radius 3 is 1.50 bits per heavy atom. The van der Waals surface area contributed by atoms with Gasteiger partial charge in [0.25, 0.3) is 11.8 Å². The molecule has 0 atom stereocenters. The number of aromatic hydroxyl groups is 2. The largest absolute Gasteiger partial charge is 0.507 e. The summed E-state index contributed by atoms with van der Waals surface area (Å²) in [5.74, 6) is -0.867. The molecular formula is C28H32N2O4. The van der Waals surface area contributed by atoms with Crippen molar-refractivity contribution in [2.24, 2.45) is 0 Å². The van der Waals surface area contributed by atoms with Crippen molar-refractivity contribution >= 4 is 23.2 Å². The van der Waals surface area contributed by atoms with E-state index in [1.54, 1.807) is 48.5 Å². The van der Waals surface area contributed by atoms with Gasteiger partial charge in [-0.2, -0.15) is 0 Å². The van der Waals surface area contributed by atoms with Gasteiger partial charge in [0, 0.05) is 11.4 Å². The lowest BCUT2D eigenvalue weighted by Gasteiger charge is -2.12. The van der Waals surface area contributed by atoms with Crippen LogP contribution in [0.15, 0.2) is 60.7 Å². The number of carbonyl (C=O) groups excluding carboxylic acids is 2. The summed E-state index contributed by atoms with van der Waals surface area (Å²) in [7, 11) is 0. The molecule has 4 N–H and O–H groups in total. The molecule has 3 aromatic rings. The Kier molecular flexibility index (Phi) is 8.68. The number of carbonyl (C=O) groups is 2. The number of unbranched alkanes of at least 4 members (excludes halogenated alkanes) is 2. The molecule has 3 aromatic carbocycles. The summed E-state index contributed by atoms with van der Waals surface area (Å²) in [5, 5.41) is 26.6. The number of hydrogen-bond acceptors (Lipinski definition) is 4. The summed E-state index contributed by atoms with van der Waals surface area (Å²) >= 11 is 0. The lowest BCUT2D eigenvalue weighted by atomic mass is 10.0. The molecule has 0 aliphatic heterocycles. The Labute approximate surface area is 200 Å². The van der Waals surface area contributed by atoms with Crippen LogP contribution in [0.2, 0.25) is 0 Å². The van der Waals surface area contributed by atoms with Gasteiger partial charge in [0.1, 0.15) is 11.5 Å². The van der Waals surface area contributed by atoms with Crippen molar-refractivity contribution in [1.29, 1.82) is 0 Å². The van der Waals surface area contributed by atoms with E-state index in [0.717, 1.165) is 36.8 Å². The SMILES string of the molecule is CCCCc1cccc(C(=O)Nc2cccc(NC(=O)c3cccc(CCCC)c3O)c2)c1O. The smallest absolute Gasteiger partial charge is 0.259 e. The fourth-order valence-corrected chi connectivity index (χ4v) is 3.76. The number of amides is 2. The van der Waals surface area contributed by atoms with Gasteiger partial charge in [0.15, 0.2) is 0 Å². The Hall–Kier alpha value is -3.80. The first kappa shape index (κ1) is 24.8. The van der Waals surface area contributed by atoms with E-state index in [-0.39, 0.29) is 22.6 Å². The first-order valence-electron chi connectivity index (χ1n) is 11.8. The van der Waals surface area contributed by atoms with Crippen LogP contribution in [0.1, 0.15) is 71.4 Å². The maximum absolute atomic E-state index is 12.8. The highest BCUT2D eigenvalue weighted by atomic mass is 16.3. The van der Waals surface area contributed by atoms with E-state index < -0.39 is 11.8 Å². The number of anilines is 2. The summed E-state index contributed by atoms with van der Waals surface area (Å²) in [5.41, 5.74) is 2.85. The number of rotatable bonds is 10. The van der Waals surface area contributed by atoms with Crippen LogP contribution in [-0.2, 0) is 12.8 Å². The second-order valence-corrected chi connectivity index (χ2v) is 8.32. The molecular weight excluding hydrogens is 428 g/mol. The number of phenolic OH excluding ortho intramolecular Hbond substituents is 2. The van der Waals surface area contributed by atoms with E-state index in [2.05, 4.69) is 24.5 Å². The van der Waals surface area contributed by atoms with Crippen LogP contribution in [0.3, 0.4) is 0 Å². The van der Waals surface area contributed by atoms with Crippen molar-refractivity contribution < 1.29 is 19.8 Å². The maximum atomic E-state index is 12.8. The molecule has 0 unspecified atom stereocenters. The maximum Gasteiger partial charge on any atom is 0.259 e. The fourth-order valence-electron chi connectivity index (χ4n) is 3.76. The number of para-hydroxylation sites is 2. The zero-order valence-corrected chi connectivity index (χ0v) is 19.7. The number of hydrogen-bond donors (Lipinski definition) is 4. The van der Waals surface area contributed by atoms with Crippen molar-refractivity contribution in [3.63, 3.8) is 0 Å². The molecule has 0 aliphatic carbocycles. The van der Waals surface area contributed by atoms with E-state index in [1.807, 2.05) is 12.1 Å². The Morgan fingerprint density at radius 2 is 1.09 bits per heavy atom. The van der Waals surface area contributed by atoms with Gasteiger partial charge in [-0.3, -0.25) is 9.59 Å². The van der Waals surface area contributed by atoms with Gasteiger partial charge in [0.05, 0.1) is 11.1 Å². The zero-order chi connectivity index (χ0) is 24.5. The fraction of sp³-hybridized carbons (Fsp3) is 0.286. The molecule has 0 bridgehead atoms. The van der Waals surface area contributed by atoms with Crippen LogP contribution in [-0.4, -0.2) is 22.0 Å². The molecule has 178 valence electrons. The molecule has 6 heteroatoms. The van der Waals surface area contributed by atoms with Gasteiger partial charge < -0.3 is 20.8 Å². The minimum absolute atomic E-state index is 0.00339. The third kappa shape index (κ3) is 6.16. The Bertz CT molecular complexity index is 1070. The quantitative estimate of drug-likeness (QED) is 0.286. The molecule has 0 aromatic heterocycles. The van der Waals surface area contributed by atoms with Crippen LogP contribution >= 0.6 is 0 Å². The van der Waals surface area contributed by atoms with Crippen LogP contribution in [0.5, 0.6) is 11.5 Å². The van der Waals surface area contributed by atoms with Crippen molar-refractivity contribution in [2.45, 2.75) is 52.4 Å². The average Bonchev–Trinajstić information content (AvgIpc) is 2.83. The lowest BCUT2D eigenvalue weighted by molar-refractivity contribution is 0.101. The van der Waals surface area contributed by atoms with Gasteiger partial charge in [-0.1, -0.05) is 57.0 Å². The van der Waals surface area contributed by atoms with Crippen LogP contribution in [0.25, 0.3) is 0 Å². The molecule has 0 radical (unpaired) electrons. The number of phenols is 2. The van der Waals surface area contributed by atoms with Crippen LogP contribution in [0.4, 0.5) is 11.4 Å². The van der Waals surface area contributed by atoms with Crippen molar-refractivity contribution in [3.05, 3.63) is 82.9 Å². The number of aryl methyl sites for hydroxylation is 2. The topological polar surface area (TPSA) is 98.7 Å². The summed E-state index contributed by atoms with van der Waals surface area (Å²) in [6.07, 6.45) is 5.26. The highest BCUT2D eigenvalue weighted by Gasteiger charge is 2.16. The molecule has 0 fully saturated rings. The van der Waals surface area contributed by atoms with Gasteiger partial charge in [-0.25, -0.2) is 0 Å². The van der Waals surface area contributed by atoms with Crippen LogP contribution in [0, 0.1) is 0 Å². The molecule has 0 aliphatic rings. The molecule has 0 saturated carbocycles. The van der Waals surface area contributed by atoms with Gasteiger partial charge in [-0.15, -0.1) is 0 Å². The zero-order valence-electron chi connectivity index (χ0n) is 19.7. The minimum Gasteiger partial charge on any atom is -0.507 e. The summed E-state index contributed by atoms with van der Waals surface area (Å²) in [4.78, 5) is 25.6. The summed E-state index contributed by atoms with van der Waals surface area (Å²) in [6, 6.07) is 17.1. The summed E-state index contributed by atoms with van der Waals surface area (Å²) < 4.78 is 0. The predicted octanol–water partition coefficient (Wildman–Crippen LogP) is 6.29. The molecule has 0 spiro atoms. The Morgan fingerprint density at radius 1 is 0.676 bits per heavy atom. The van der Waals surface area contributed by atoms with Crippen molar-refractivity contribution in [3.8, 4) is 11.5 Å². The molecule has 0 heterocycles. The molecule has 2 amide bonds. The molecule has 34 heavy (non-hydrogen) atoms. The third-order valence-corrected chi connectivity index (χ3v) is 5.71. The molecule has 0 saturated heterocycles. The van der Waals surface area contributed by atoms with Gasteiger partial charge >= 0.3 is 0 Å². The van der Waals surface area contributed by atoms with Crippen molar-refractivity contribution in [2.75, 3.05) is 10.6 Å². The van der Waals surface area contributed by atoms with Crippen molar-refractivity contribution in [1.82, 2.24) is 0 Å². The monoisotopic (exact) mass is 460 g/mol. The second kappa shape index (κ2) is 11.9. The van der Waals surface area contributed by atoms with E-state index >= 15 is 0 Å². The predicted molar refractivity (Wildman–Crippen MR) is 136 cm³/mol. The normalized spacial score (nSPS) is 10.6. The first-order valence-corrected chi connectivity index (χ1v) is 11.8. The second-order valence-electron chi connectivity index (χ2n) is 8.32. The highest BCUT2D eigenvalue weighted by molar-refractivity contribution is 6.08. The van der Waals surface area contributed by atoms with E-state index in [9.17, 15) is 19.8 Å². The van der Waals surface area contributed by atoms with E-state index in [0.29, 0.717) is 24.2 Å². The molecule has 6 nitrogen and oxygen atoms in total. The number of nitrogens with one attached hydrogen (secondary N) is 2. The molecule has 3 rings (SSSR count). The minimum atomic E-state index is -0.430. The standard InChI is InChI=1S/C28H32N2O4/c1-3-5-10-19-12-7-16-23(25(19)31)27(33)29-21-14-9-15-22(18-21)30-28(34)24-17-8-13-20(26(24)32)11-6-4-2/h7-9,12-18,31-32H,3-6,10-11H2,1-2H3,(H,29,33)(H,30,34). The summed E-state index contributed by atoms with van der Waals surface area (Å²) in [6.45, 7) is 4.15. The first-order chi connectivity index (χ1) is 16.4. The number of benzene rings is 3. The third-order valence-electron chi connectivity index (χ3n) is 5.71. The average molecular weight is 461 g/mol. The lowest BCUT2D eigenvalue weighted by Crippen LogP contribution is -2.14. The van der Waals surface area contributed by atoms with Gasteiger partial charge in [0.2, 0.25) is 0 Å². The van der Waals surface area contributed by atoms with E-state index in [4.69, 9.17) is 0 Å². The highest BCUT2D eigenvalue weighted by Crippen LogP contribution is 2.27. The van der Waals surface area contributed by atoms with Crippen LogP contribution < -0.4 is 10.6 Å². The van der Waals surface area contributed by atoms with Gasteiger partial charge in [-0.05, 0) is 67.1 Å². The van der Waals surface area contributed by atoms with E-state index in [1.165, 1.54) is 0 Å².